The van der Waals surface area contributed by atoms with Crippen LogP contribution in [-0.4, -0.2) is 54.0 Å². The first-order valence-corrected chi connectivity index (χ1v) is 6.08. The number of likely N-dealkylation sites (tertiary alicyclic amines) is 1. The Morgan fingerprint density at radius 1 is 1.67 bits per heavy atom. The number of likely N-dealkylation sites (N-methyl/N-ethyl adjacent to an activating group) is 1. The van der Waals surface area contributed by atoms with Gasteiger partial charge in [-0.2, -0.15) is 0 Å². The number of nitrogens with zero attached hydrogens (tertiary/aromatic N) is 1. The summed E-state index contributed by atoms with van der Waals surface area (Å²) in [5, 5.41) is 5.75. The van der Waals surface area contributed by atoms with Gasteiger partial charge in [-0.3, -0.25) is 9.59 Å². The number of rotatable bonds is 2. The minimum atomic E-state index is -0.307. The molecule has 15 heavy (non-hydrogen) atoms. The molecule has 2 heterocycles. The summed E-state index contributed by atoms with van der Waals surface area (Å²) in [4.78, 5) is 24.7. The van der Waals surface area contributed by atoms with Crippen LogP contribution in [0, 0.1) is 0 Å². The fourth-order valence-electron chi connectivity index (χ4n) is 1.93. The van der Waals surface area contributed by atoms with Crippen molar-refractivity contribution >= 4 is 22.9 Å². The van der Waals surface area contributed by atoms with Crippen LogP contribution in [0.1, 0.15) is 6.42 Å². The Kier molecular flexibility index (Phi) is 3.16. The van der Waals surface area contributed by atoms with Crippen LogP contribution in [0.25, 0.3) is 0 Å². The Labute approximate surface area is 93.0 Å². The molecule has 2 saturated heterocycles. The van der Waals surface area contributed by atoms with Crippen molar-refractivity contribution in [2.24, 2.45) is 0 Å². The van der Waals surface area contributed by atoms with Gasteiger partial charge in [0.2, 0.25) is 5.91 Å². The van der Waals surface area contributed by atoms with Gasteiger partial charge >= 0.3 is 0 Å². The summed E-state index contributed by atoms with van der Waals surface area (Å²) in [5.41, 5.74) is 0. The monoisotopic (exact) mass is 229 g/mol. The van der Waals surface area contributed by atoms with Gasteiger partial charge in [0.05, 0.1) is 0 Å². The minimum absolute atomic E-state index is 0.0612. The molecular weight excluding hydrogens is 214 g/mol. The third-order valence-corrected chi connectivity index (χ3v) is 3.76. The molecule has 0 aromatic heterocycles. The third-order valence-electron chi connectivity index (χ3n) is 2.88. The van der Waals surface area contributed by atoms with Crippen molar-refractivity contribution < 1.29 is 9.59 Å². The number of hydrogen-bond acceptors (Lipinski definition) is 4. The molecule has 1 unspecified atom stereocenters. The van der Waals surface area contributed by atoms with E-state index in [1.165, 1.54) is 11.8 Å². The fraction of sp³-hybridized carbons (Fsp3) is 0.778. The molecule has 2 amide bonds. The van der Waals surface area contributed by atoms with Crippen molar-refractivity contribution in [2.45, 2.75) is 18.5 Å². The van der Waals surface area contributed by atoms with Gasteiger partial charge in [0.1, 0.15) is 6.04 Å². The molecule has 0 aromatic rings. The summed E-state index contributed by atoms with van der Waals surface area (Å²) in [7, 11) is 1.91. The molecule has 0 radical (unpaired) electrons. The SMILES string of the molecule is CNC1CCN(C(=O)[C@@H]2CSC(=O)N2)C1. The van der Waals surface area contributed by atoms with Gasteiger partial charge in [0, 0.05) is 24.9 Å². The van der Waals surface area contributed by atoms with Crippen molar-refractivity contribution in [3.63, 3.8) is 0 Å². The van der Waals surface area contributed by atoms with E-state index in [4.69, 9.17) is 0 Å². The normalized spacial score (nSPS) is 30.7. The molecule has 6 heteroatoms. The Hall–Kier alpha value is -0.750. The highest BCUT2D eigenvalue weighted by atomic mass is 32.2. The van der Waals surface area contributed by atoms with E-state index < -0.39 is 0 Å². The van der Waals surface area contributed by atoms with Gasteiger partial charge in [0.25, 0.3) is 5.24 Å². The molecule has 2 fully saturated rings. The average molecular weight is 229 g/mol. The average Bonchev–Trinajstić information content (AvgIpc) is 2.84. The Balaban J connectivity index is 1.89. The van der Waals surface area contributed by atoms with E-state index in [2.05, 4.69) is 10.6 Å². The summed E-state index contributed by atoms with van der Waals surface area (Å²) < 4.78 is 0. The molecule has 2 aliphatic rings. The molecular formula is C9H15N3O2S. The topological polar surface area (TPSA) is 61.4 Å². The highest BCUT2D eigenvalue weighted by Crippen LogP contribution is 2.17. The number of hydrogen-bond donors (Lipinski definition) is 2. The molecule has 2 aliphatic heterocycles. The van der Waals surface area contributed by atoms with Crippen molar-refractivity contribution in [2.75, 3.05) is 25.9 Å². The Morgan fingerprint density at radius 3 is 3.00 bits per heavy atom. The first-order valence-electron chi connectivity index (χ1n) is 5.10. The first kappa shape index (κ1) is 10.8. The summed E-state index contributed by atoms with van der Waals surface area (Å²) in [6.45, 7) is 1.55. The summed E-state index contributed by atoms with van der Waals surface area (Å²) >= 11 is 1.19. The van der Waals surface area contributed by atoms with Gasteiger partial charge in [0.15, 0.2) is 0 Å². The minimum Gasteiger partial charge on any atom is -0.339 e. The number of carbonyl (C=O) groups excluding carboxylic acids is 2. The van der Waals surface area contributed by atoms with E-state index in [-0.39, 0.29) is 17.2 Å². The predicted octanol–water partition coefficient (Wildman–Crippen LogP) is -0.368. The smallest absolute Gasteiger partial charge is 0.279 e. The van der Waals surface area contributed by atoms with Crippen LogP contribution in [0.15, 0.2) is 0 Å². The fourth-order valence-corrected chi connectivity index (χ4v) is 2.70. The van der Waals surface area contributed by atoms with Crippen molar-refractivity contribution in [3.8, 4) is 0 Å². The quantitative estimate of drug-likeness (QED) is 0.678. The lowest BCUT2D eigenvalue weighted by atomic mass is 10.3. The van der Waals surface area contributed by atoms with Gasteiger partial charge in [-0.1, -0.05) is 11.8 Å². The summed E-state index contributed by atoms with van der Waals surface area (Å²) in [6, 6.07) is 0.0943. The van der Waals surface area contributed by atoms with Crippen molar-refractivity contribution in [1.82, 2.24) is 15.5 Å². The lowest BCUT2D eigenvalue weighted by Crippen LogP contribution is -2.45. The summed E-state index contributed by atoms with van der Waals surface area (Å²) in [5.74, 6) is 0.629. The van der Waals surface area contributed by atoms with Crippen LogP contribution in [0.2, 0.25) is 0 Å². The molecule has 0 saturated carbocycles. The number of amides is 2. The van der Waals surface area contributed by atoms with Crippen molar-refractivity contribution in [3.05, 3.63) is 0 Å². The zero-order chi connectivity index (χ0) is 10.8. The van der Waals surface area contributed by atoms with Crippen LogP contribution in [-0.2, 0) is 4.79 Å². The third kappa shape index (κ3) is 2.26. The van der Waals surface area contributed by atoms with Gasteiger partial charge in [-0.25, -0.2) is 0 Å². The van der Waals surface area contributed by atoms with Crippen LogP contribution < -0.4 is 10.6 Å². The van der Waals surface area contributed by atoms with Gasteiger partial charge in [-0.15, -0.1) is 0 Å². The van der Waals surface area contributed by atoms with Gasteiger partial charge < -0.3 is 15.5 Å². The van der Waals surface area contributed by atoms with Crippen LogP contribution in [0.4, 0.5) is 4.79 Å². The van der Waals surface area contributed by atoms with E-state index in [0.29, 0.717) is 11.8 Å². The molecule has 84 valence electrons. The van der Waals surface area contributed by atoms with Crippen LogP contribution in [0.5, 0.6) is 0 Å². The molecule has 0 spiro atoms. The molecule has 0 bridgehead atoms. The van der Waals surface area contributed by atoms with E-state index in [9.17, 15) is 9.59 Å². The summed E-state index contributed by atoms with van der Waals surface area (Å²) in [6.07, 6.45) is 0.996. The lowest BCUT2D eigenvalue weighted by molar-refractivity contribution is -0.131. The maximum Gasteiger partial charge on any atom is 0.279 e. The largest absolute Gasteiger partial charge is 0.339 e. The zero-order valence-corrected chi connectivity index (χ0v) is 9.47. The molecule has 2 N–H and O–H groups in total. The van der Waals surface area contributed by atoms with Gasteiger partial charge in [-0.05, 0) is 13.5 Å². The molecule has 0 aromatic carbocycles. The maximum atomic E-state index is 11.9. The standard InChI is InChI=1S/C9H15N3O2S/c1-10-6-2-3-12(4-6)8(13)7-5-15-9(14)11-7/h6-7,10H,2-5H2,1H3,(H,11,14)/t6?,7-/m0/s1. The molecule has 5 nitrogen and oxygen atoms in total. The number of nitrogens with one attached hydrogen (secondary N) is 2. The zero-order valence-electron chi connectivity index (χ0n) is 8.66. The molecule has 2 rings (SSSR count). The molecule has 0 aliphatic carbocycles. The maximum absolute atomic E-state index is 11.9. The second kappa shape index (κ2) is 4.40. The van der Waals surface area contributed by atoms with Crippen molar-refractivity contribution in [1.29, 1.82) is 0 Å². The molecule has 2 atom stereocenters. The highest BCUT2D eigenvalue weighted by Gasteiger charge is 2.34. The number of thioether (sulfide) groups is 1. The van der Waals surface area contributed by atoms with E-state index >= 15 is 0 Å². The highest BCUT2D eigenvalue weighted by molar-refractivity contribution is 8.14. The lowest BCUT2D eigenvalue weighted by Gasteiger charge is -2.19. The van der Waals surface area contributed by atoms with Crippen LogP contribution in [0.3, 0.4) is 0 Å². The predicted molar refractivity (Wildman–Crippen MR) is 58.8 cm³/mol. The Bertz CT molecular complexity index is 285. The first-order chi connectivity index (χ1) is 7.20. The van der Waals surface area contributed by atoms with E-state index in [0.717, 1.165) is 19.5 Å². The Morgan fingerprint density at radius 2 is 2.47 bits per heavy atom. The second-order valence-electron chi connectivity index (χ2n) is 3.85. The van der Waals surface area contributed by atoms with Crippen LogP contribution >= 0.6 is 11.8 Å². The van der Waals surface area contributed by atoms with E-state index in [1.54, 1.807) is 0 Å². The van der Waals surface area contributed by atoms with E-state index in [1.807, 2.05) is 11.9 Å². The number of carbonyl (C=O) groups is 2. The second-order valence-corrected chi connectivity index (χ2v) is 4.85.